The quantitative estimate of drug-likeness (QED) is 0.803. The van der Waals surface area contributed by atoms with Crippen LogP contribution in [0, 0.1) is 5.92 Å². The number of Topliss-reactive ketones (excluding diaryl/α,β-unsaturated/α-hetero) is 1. The van der Waals surface area contributed by atoms with Gasteiger partial charge in [0.1, 0.15) is 5.78 Å². The monoisotopic (exact) mass is 300 g/mol. The summed E-state index contributed by atoms with van der Waals surface area (Å²) in [7, 11) is 0. The van der Waals surface area contributed by atoms with Crippen molar-refractivity contribution in [3.8, 4) is 0 Å². The minimum Gasteiger partial charge on any atom is -0.339 e. The summed E-state index contributed by atoms with van der Waals surface area (Å²) in [5.74, 6) is -0.295. The number of hydrogen-bond donors (Lipinski definition) is 0. The first-order valence-electron chi connectivity index (χ1n) is 8.24. The fourth-order valence-electron chi connectivity index (χ4n) is 3.54. The van der Waals surface area contributed by atoms with Gasteiger partial charge in [-0.2, -0.15) is 0 Å². The van der Waals surface area contributed by atoms with E-state index in [9.17, 15) is 9.59 Å². The van der Waals surface area contributed by atoms with Crippen molar-refractivity contribution < 1.29 is 9.59 Å². The molecule has 2 heterocycles. The summed E-state index contributed by atoms with van der Waals surface area (Å²) in [5.41, 5.74) is 1.34. The SMILES string of the molecule is CC1C(=O)CCN(C2CCN(Cc3ccccc3)CC2)C1=O. The molecule has 1 unspecified atom stereocenters. The first-order chi connectivity index (χ1) is 10.6. The fraction of sp³-hybridized carbons (Fsp3) is 0.556. The van der Waals surface area contributed by atoms with Crippen LogP contribution in [0.4, 0.5) is 0 Å². The Labute approximate surface area is 132 Å². The number of likely N-dealkylation sites (tertiary alicyclic amines) is 2. The van der Waals surface area contributed by atoms with Gasteiger partial charge in [-0.25, -0.2) is 0 Å². The van der Waals surface area contributed by atoms with Crippen LogP contribution in [0.3, 0.4) is 0 Å². The number of rotatable bonds is 3. The van der Waals surface area contributed by atoms with Crippen molar-refractivity contribution >= 4 is 11.7 Å². The molecule has 0 aromatic heterocycles. The first-order valence-corrected chi connectivity index (χ1v) is 8.24. The van der Waals surface area contributed by atoms with E-state index in [1.54, 1.807) is 6.92 Å². The second-order valence-electron chi connectivity index (χ2n) is 6.46. The van der Waals surface area contributed by atoms with Crippen molar-refractivity contribution in [2.45, 2.75) is 38.8 Å². The zero-order valence-electron chi connectivity index (χ0n) is 13.2. The average molecular weight is 300 g/mol. The number of carbonyl (C=O) groups is 2. The van der Waals surface area contributed by atoms with Gasteiger partial charge in [-0.15, -0.1) is 0 Å². The van der Waals surface area contributed by atoms with Crippen LogP contribution in [0.15, 0.2) is 30.3 Å². The van der Waals surface area contributed by atoms with Gasteiger partial charge in [0.15, 0.2) is 0 Å². The summed E-state index contributed by atoms with van der Waals surface area (Å²) < 4.78 is 0. The molecular formula is C18H24N2O2. The molecule has 2 aliphatic heterocycles. The molecule has 1 aromatic carbocycles. The van der Waals surface area contributed by atoms with Crippen molar-refractivity contribution in [2.75, 3.05) is 19.6 Å². The van der Waals surface area contributed by atoms with E-state index in [4.69, 9.17) is 0 Å². The Kier molecular flexibility index (Phi) is 4.57. The van der Waals surface area contributed by atoms with E-state index in [0.717, 1.165) is 32.5 Å². The maximum absolute atomic E-state index is 12.3. The Balaban J connectivity index is 1.53. The highest BCUT2D eigenvalue weighted by molar-refractivity contribution is 6.03. The van der Waals surface area contributed by atoms with Crippen molar-refractivity contribution in [3.05, 3.63) is 35.9 Å². The molecule has 0 spiro atoms. The zero-order valence-corrected chi connectivity index (χ0v) is 13.2. The Hall–Kier alpha value is -1.68. The Morgan fingerprint density at radius 3 is 2.41 bits per heavy atom. The number of piperidine rings is 2. The molecule has 2 saturated heterocycles. The van der Waals surface area contributed by atoms with Crippen LogP contribution in [0.1, 0.15) is 31.7 Å². The van der Waals surface area contributed by atoms with Crippen molar-refractivity contribution in [1.29, 1.82) is 0 Å². The number of benzene rings is 1. The van der Waals surface area contributed by atoms with E-state index in [1.165, 1.54) is 5.56 Å². The molecule has 0 radical (unpaired) electrons. The van der Waals surface area contributed by atoms with E-state index in [-0.39, 0.29) is 11.7 Å². The van der Waals surface area contributed by atoms with E-state index in [0.29, 0.717) is 19.0 Å². The van der Waals surface area contributed by atoms with E-state index >= 15 is 0 Å². The van der Waals surface area contributed by atoms with Gasteiger partial charge in [-0.05, 0) is 25.3 Å². The molecule has 118 valence electrons. The number of hydrogen-bond acceptors (Lipinski definition) is 3. The molecule has 2 fully saturated rings. The number of ketones is 1. The second-order valence-corrected chi connectivity index (χ2v) is 6.46. The third-order valence-electron chi connectivity index (χ3n) is 4.98. The lowest BCUT2D eigenvalue weighted by Crippen LogP contribution is -2.53. The molecule has 22 heavy (non-hydrogen) atoms. The predicted molar refractivity (Wildman–Crippen MR) is 85.2 cm³/mol. The zero-order chi connectivity index (χ0) is 15.5. The molecule has 1 amide bonds. The van der Waals surface area contributed by atoms with E-state index in [1.807, 2.05) is 11.0 Å². The molecule has 2 aliphatic rings. The summed E-state index contributed by atoms with van der Waals surface area (Å²) in [6.45, 7) is 5.39. The lowest BCUT2D eigenvalue weighted by atomic mass is 9.93. The molecule has 0 bridgehead atoms. The molecular weight excluding hydrogens is 276 g/mol. The molecule has 1 atom stereocenters. The van der Waals surface area contributed by atoms with Crippen molar-refractivity contribution in [1.82, 2.24) is 9.80 Å². The number of amides is 1. The third-order valence-corrected chi connectivity index (χ3v) is 4.98. The highest BCUT2D eigenvalue weighted by Crippen LogP contribution is 2.23. The maximum atomic E-state index is 12.3. The molecule has 0 saturated carbocycles. The molecule has 0 N–H and O–H groups in total. The van der Waals surface area contributed by atoms with E-state index in [2.05, 4.69) is 29.2 Å². The molecule has 0 aliphatic carbocycles. The van der Waals surface area contributed by atoms with Gasteiger partial charge in [-0.1, -0.05) is 30.3 Å². The highest BCUT2D eigenvalue weighted by atomic mass is 16.2. The van der Waals surface area contributed by atoms with Gasteiger partial charge in [0.25, 0.3) is 0 Å². The summed E-state index contributed by atoms with van der Waals surface area (Å²) in [5, 5.41) is 0. The molecule has 3 rings (SSSR count). The number of carbonyl (C=O) groups excluding carboxylic acids is 2. The third kappa shape index (κ3) is 3.22. The standard InChI is InChI=1S/C18H24N2O2/c1-14-17(21)9-12-20(18(14)22)16-7-10-19(11-8-16)13-15-5-3-2-4-6-15/h2-6,14,16H,7-13H2,1H3. The van der Waals surface area contributed by atoms with Gasteiger partial charge < -0.3 is 4.90 Å². The van der Waals surface area contributed by atoms with Crippen molar-refractivity contribution in [3.63, 3.8) is 0 Å². The van der Waals surface area contributed by atoms with Gasteiger partial charge in [0.2, 0.25) is 5.91 Å². The van der Waals surface area contributed by atoms with Crippen LogP contribution in [0.25, 0.3) is 0 Å². The van der Waals surface area contributed by atoms with Gasteiger partial charge in [-0.3, -0.25) is 14.5 Å². The summed E-state index contributed by atoms with van der Waals surface area (Å²) in [6, 6.07) is 10.8. The minimum atomic E-state index is -0.434. The Bertz CT molecular complexity index is 535. The normalized spacial score (nSPS) is 24.8. The lowest BCUT2D eigenvalue weighted by molar-refractivity contribution is -0.148. The summed E-state index contributed by atoms with van der Waals surface area (Å²) in [6.07, 6.45) is 2.55. The summed E-state index contributed by atoms with van der Waals surface area (Å²) >= 11 is 0. The van der Waals surface area contributed by atoms with E-state index < -0.39 is 5.92 Å². The average Bonchev–Trinajstić information content (AvgIpc) is 2.55. The Morgan fingerprint density at radius 2 is 1.73 bits per heavy atom. The van der Waals surface area contributed by atoms with Gasteiger partial charge in [0, 0.05) is 38.6 Å². The second kappa shape index (κ2) is 6.61. The fourth-order valence-corrected chi connectivity index (χ4v) is 3.54. The van der Waals surface area contributed by atoms with Crippen LogP contribution in [0.2, 0.25) is 0 Å². The molecule has 4 heteroatoms. The molecule has 1 aromatic rings. The maximum Gasteiger partial charge on any atom is 0.233 e. The van der Waals surface area contributed by atoms with Crippen molar-refractivity contribution in [2.24, 2.45) is 5.92 Å². The van der Waals surface area contributed by atoms with Crippen LogP contribution >= 0.6 is 0 Å². The highest BCUT2D eigenvalue weighted by Gasteiger charge is 2.36. The largest absolute Gasteiger partial charge is 0.339 e. The van der Waals surface area contributed by atoms with Crippen LogP contribution < -0.4 is 0 Å². The summed E-state index contributed by atoms with van der Waals surface area (Å²) in [4.78, 5) is 28.3. The van der Waals surface area contributed by atoms with Crippen LogP contribution in [-0.4, -0.2) is 47.2 Å². The van der Waals surface area contributed by atoms with Crippen LogP contribution in [0.5, 0.6) is 0 Å². The topological polar surface area (TPSA) is 40.6 Å². The van der Waals surface area contributed by atoms with Gasteiger partial charge >= 0.3 is 0 Å². The lowest BCUT2D eigenvalue weighted by Gasteiger charge is -2.41. The number of nitrogens with zero attached hydrogens (tertiary/aromatic N) is 2. The minimum absolute atomic E-state index is 0.0396. The smallest absolute Gasteiger partial charge is 0.233 e. The molecule has 4 nitrogen and oxygen atoms in total. The first kappa shape index (κ1) is 15.2. The van der Waals surface area contributed by atoms with Crippen LogP contribution in [-0.2, 0) is 16.1 Å². The van der Waals surface area contributed by atoms with Gasteiger partial charge in [0.05, 0.1) is 5.92 Å². The predicted octanol–water partition coefficient (Wildman–Crippen LogP) is 2.09. The Morgan fingerprint density at radius 1 is 1.05 bits per heavy atom.